The van der Waals surface area contributed by atoms with Crippen molar-refractivity contribution in [2.45, 2.75) is 44.1 Å². The minimum Gasteiger partial charge on any atom is -0.463 e. The van der Waals surface area contributed by atoms with Gasteiger partial charge in [-0.15, -0.1) is 0 Å². The maximum Gasteiger partial charge on any atom is 0.231 e. The molecule has 5 rings (SSSR count). The molecule has 10 nitrogen and oxygen atoms in total. The van der Waals surface area contributed by atoms with Crippen molar-refractivity contribution in [1.82, 2.24) is 0 Å². The smallest absolute Gasteiger partial charge is 0.231 e. The van der Waals surface area contributed by atoms with Gasteiger partial charge in [-0.25, -0.2) is 0 Å². The number of hydrogen-bond donors (Lipinski definition) is 4. The molecule has 2 aliphatic rings. The van der Waals surface area contributed by atoms with E-state index in [1.165, 1.54) is 12.3 Å². The zero-order valence-electron chi connectivity index (χ0n) is 18.2. The lowest BCUT2D eigenvalue weighted by atomic mass is 9.99. The van der Waals surface area contributed by atoms with Crippen LogP contribution in [0.2, 0.25) is 0 Å². The fourth-order valence-corrected chi connectivity index (χ4v) is 4.14. The average Bonchev–Trinajstić information content (AvgIpc) is 3.32. The number of hydrogen-bond acceptors (Lipinski definition) is 10. The van der Waals surface area contributed by atoms with Crippen LogP contribution >= 0.6 is 0 Å². The Bertz CT molecular complexity index is 1270. The van der Waals surface area contributed by atoms with E-state index in [0.29, 0.717) is 40.0 Å². The van der Waals surface area contributed by atoms with Crippen LogP contribution in [0.15, 0.2) is 45.8 Å². The van der Waals surface area contributed by atoms with Gasteiger partial charge in [0.15, 0.2) is 11.5 Å². The van der Waals surface area contributed by atoms with Crippen molar-refractivity contribution in [3.63, 3.8) is 0 Å². The first kappa shape index (κ1) is 22.6. The van der Waals surface area contributed by atoms with E-state index in [1.54, 1.807) is 24.3 Å². The van der Waals surface area contributed by atoms with E-state index in [-0.39, 0.29) is 23.6 Å². The van der Waals surface area contributed by atoms with Gasteiger partial charge in [0.2, 0.25) is 18.5 Å². The number of fused-ring (bicyclic) bond motifs is 2. The first-order valence-corrected chi connectivity index (χ1v) is 10.9. The van der Waals surface area contributed by atoms with Crippen LogP contribution in [0.25, 0.3) is 22.1 Å². The first-order chi connectivity index (χ1) is 16.4. The molecule has 0 spiro atoms. The summed E-state index contributed by atoms with van der Waals surface area (Å²) in [5.41, 5.74) is 1.63. The topological polar surface area (TPSA) is 148 Å². The summed E-state index contributed by atoms with van der Waals surface area (Å²) in [4.78, 5) is 13.3. The van der Waals surface area contributed by atoms with Gasteiger partial charge in [-0.3, -0.25) is 4.79 Å². The van der Waals surface area contributed by atoms with Crippen LogP contribution in [-0.4, -0.2) is 64.5 Å². The van der Waals surface area contributed by atoms with Gasteiger partial charge in [0, 0.05) is 6.07 Å². The SMILES string of the molecule is CCc1cc2c(=O)c(-c3ccc4c(c3)OCO4)coc2cc1O[C@@H]1OC(CO)[C@H](O)C(O)C1O. The third kappa shape index (κ3) is 3.79. The van der Waals surface area contributed by atoms with Crippen molar-refractivity contribution >= 4 is 11.0 Å². The van der Waals surface area contributed by atoms with Crippen LogP contribution in [-0.2, 0) is 11.2 Å². The van der Waals surface area contributed by atoms with Gasteiger partial charge in [0.1, 0.15) is 42.0 Å². The Morgan fingerprint density at radius 3 is 2.59 bits per heavy atom. The van der Waals surface area contributed by atoms with Gasteiger partial charge in [-0.05, 0) is 35.7 Å². The predicted molar refractivity (Wildman–Crippen MR) is 118 cm³/mol. The molecular formula is C24H24O10. The summed E-state index contributed by atoms with van der Waals surface area (Å²) in [6.07, 6.45) is -5.23. The maximum atomic E-state index is 13.3. The molecule has 0 radical (unpaired) electrons. The Morgan fingerprint density at radius 2 is 1.82 bits per heavy atom. The quantitative estimate of drug-likeness (QED) is 0.423. The molecule has 5 atom stereocenters. The minimum atomic E-state index is -1.57. The van der Waals surface area contributed by atoms with Gasteiger partial charge in [-0.2, -0.15) is 0 Å². The highest BCUT2D eigenvalue weighted by Crippen LogP contribution is 2.36. The number of aliphatic hydroxyl groups is 4. The molecule has 0 saturated carbocycles. The highest BCUT2D eigenvalue weighted by atomic mass is 16.7. The molecule has 0 aliphatic carbocycles. The zero-order valence-corrected chi connectivity index (χ0v) is 18.2. The number of aliphatic hydroxyl groups excluding tert-OH is 4. The molecule has 0 amide bonds. The highest BCUT2D eigenvalue weighted by molar-refractivity contribution is 5.84. The molecule has 3 unspecified atom stereocenters. The monoisotopic (exact) mass is 472 g/mol. The second kappa shape index (κ2) is 8.90. The summed E-state index contributed by atoms with van der Waals surface area (Å²) in [6, 6.07) is 8.37. The second-order valence-electron chi connectivity index (χ2n) is 8.17. The zero-order chi connectivity index (χ0) is 24.0. The third-order valence-corrected chi connectivity index (χ3v) is 6.11. The molecule has 10 heteroatoms. The van der Waals surface area contributed by atoms with Crippen LogP contribution in [0.3, 0.4) is 0 Å². The molecular weight excluding hydrogens is 448 g/mol. The molecule has 0 bridgehead atoms. The minimum absolute atomic E-state index is 0.127. The van der Waals surface area contributed by atoms with Crippen LogP contribution in [0, 0.1) is 0 Å². The lowest BCUT2D eigenvalue weighted by Gasteiger charge is -2.39. The lowest BCUT2D eigenvalue weighted by Crippen LogP contribution is -2.60. The average molecular weight is 472 g/mol. The fourth-order valence-electron chi connectivity index (χ4n) is 4.14. The number of ether oxygens (including phenoxy) is 4. The summed E-state index contributed by atoms with van der Waals surface area (Å²) in [5.74, 6) is 1.44. The van der Waals surface area contributed by atoms with E-state index in [2.05, 4.69) is 0 Å². The van der Waals surface area contributed by atoms with E-state index in [1.807, 2.05) is 6.92 Å². The Kier molecular flexibility index (Phi) is 5.92. The van der Waals surface area contributed by atoms with Crippen LogP contribution in [0.5, 0.6) is 17.2 Å². The van der Waals surface area contributed by atoms with Crippen molar-refractivity contribution in [3.8, 4) is 28.4 Å². The van der Waals surface area contributed by atoms with Crippen LogP contribution in [0.4, 0.5) is 0 Å². The number of rotatable bonds is 5. The fraction of sp³-hybridized carbons (Fsp3) is 0.375. The van der Waals surface area contributed by atoms with Gasteiger partial charge in [-0.1, -0.05) is 13.0 Å². The Balaban J connectivity index is 1.50. The number of benzene rings is 2. The van der Waals surface area contributed by atoms with Crippen molar-refractivity contribution < 1.29 is 43.8 Å². The van der Waals surface area contributed by atoms with Gasteiger partial charge >= 0.3 is 0 Å². The summed E-state index contributed by atoms with van der Waals surface area (Å²) >= 11 is 0. The molecule has 4 N–H and O–H groups in total. The summed E-state index contributed by atoms with van der Waals surface area (Å²) in [5, 5.41) is 40.0. The van der Waals surface area contributed by atoms with Gasteiger partial charge < -0.3 is 43.8 Å². The summed E-state index contributed by atoms with van der Waals surface area (Å²) in [6.45, 7) is 1.42. The van der Waals surface area contributed by atoms with Crippen molar-refractivity contribution in [3.05, 3.63) is 52.4 Å². The van der Waals surface area contributed by atoms with Crippen molar-refractivity contribution in [1.29, 1.82) is 0 Å². The second-order valence-corrected chi connectivity index (χ2v) is 8.17. The highest BCUT2D eigenvalue weighted by Gasteiger charge is 2.44. The Morgan fingerprint density at radius 1 is 1.03 bits per heavy atom. The largest absolute Gasteiger partial charge is 0.463 e. The maximum absolute atomic E-state index is 13.3. The van der Waals surface area contributed by atoms with E-state index < -0.39 is 37.3 Å². The van der Waals surface area contributed by atoms with E-state index in [4.69, 9.17) is 23.4 Å². The molecule has 1 fully saturated rings. The normalized spacial score (nSPS) is 26.1. The van der Waals surface area contributed by atoms with Crippen molar-refractivity contribution in [2.24, 2.45) is 0 Å². The number of aryl methyl sites for hydroxylation is 1. The molecule has 3 aromatic rings. The molecule has 180 valence electrons. The third-order valence-electron chi connectivity index (χ3n) is 6.11. The summed E-state index contributed by atoms with van der Waals surface area (Å²) in [7, 11) is 0. The Hall–Kier alpha value is -3.15. The predicted octanol–water partition coefficient (Wildman–Crippen LogP) is 0.930. The molecule has 3 heterocycles. The summed E-state index contributed by atoms with van der Waals surface area (Å²) < 4.78 is 27.7. The van der Waals surface area contributed by atoms with Gasteiger partial charge in [0.25, 0.3) is 0 Å². The Labute approximate surface area is 193 Å². The molecule has 34 heavy (non-hydrogen) atoms. The molecule has 1 aromatic heterocycles. The molecule has 2 aliphatic heterocycles. The van der Waals surface area contributed by atoms with E-state index in [0.717, 1.165) is 0 Å². The standard InChI is InChI=1S/C24H24O10/c1-2-11-5-13-17(7-16(11)33-24-23(29)22(28)21(27)19(8-25)34-24)30-9-14(20(13)26)12-3-4-15-18(6-12)32-10-31-15/h3-7,9,19,21-25,27-29H,2,8,10H2,1H3/t19?,21-,22?,23?,24+/m0/s1. The van der Waals surface area contributed by atoms with Crippen LogP contribution < -0.4 is 19.6 Å². The van der Waals surface area contributed by atoms with Gasteiger partial charge in [0.05, 0.1) is 17.6 Å². The van der Waals surface area contributed by atoms with E-state index >= 15 is 0 Å². The molecule has 2 aromatic carbocycles. The van der Waals surface area contributed by atoms with Crippen LogP contribution in [0.1, 0.15) is 12.5 Å². The molecule has 1 saturated heterocycles. The van der Waals surface area contributed by atoms with E-state index in [9.17, 15) is 25.2 Å². The van der Waals surface area contributed by atoms with Crippen molar-refractivity contribution in [2.75, 3.05) is 13.4 Å². The lowest BCUT2D eigenvalue weighted by molar-refractivity contribution is -0.277. The first-order valence-electron chi connectivity index (χ1n) is 10.9.